The largest absolute Gasteiger partial charge is 0.508 e. The molecule has 96 valence electrons. The van der Waals surface area contributed by atoms with Gasteiger partial charge >= 0.3 is 0 Å². The zero-order valence-electron chi connectivity index (χ0n) is 10.4. The van der Waals surface area contributed by atoms with Gasteiger partial charge in [-0.1, -0.05) is 0 Å². The first kappa shape index (κ1) is 11.6. The molecule has 4 nitrogen and oxygen atoms in total. The number of rotatable bonds is 0. The first-order chi connectivity index (χ1) is 8.97. The summed E-state index contributed by atoms with van der Waals surface area (Å²) in [6.45, 7) is 1.76. The highest BCUT2D eigenvalue weighted by atomic mass is 19.1. The molecule has 1 aliphatic heterocycles. The minimum absolute atomic E-state index is 0.111. The van der Waals surface area contributed by atoms with Gasteiger partial charge in [-0.05, 0) is 12.5 Å². The fraction of sp³-hybridized carbons (Fsp3) is 0.143. The fourth-order valence-electron chi connectivity index (χ4n) is 2.12. The second-order valence-corrected chi connectivity index (χ2v) is 4.52. The smallest absolute Gasteiger partial charge is 0.251 e. The summed E-state index contributed by atoms with van der Waals surface area (Å²) in [5.74, 6) is -0.419. The first-order valence-electron chi connectivity index (χ1n) is 5.73. The van der Waals surface area contributed by atoms with Gasteiger partial charge in [0.1, 0.15) is 12.8 Å². The summed E-state index contributed by atoms with van der Waals surface area (Å²) in [5, 5.41) is 9.69. The van der Waals surface area contributed by atoms with E-state index in [4.69, 9.17) is 4.42 Å². The van der Waals surface area contributed by atoms with Gasteiger partial charge in [0.25, 0.3) is 5.69 Å². The molecule has 0 radical (unpaired) electrons. The van der Waals surface area contributed by atoms with Crippen LogP contribution in [-0.4, -0.2) is 5.11 Å². The van der Waals surface area contributed by atoms with E-state index in [2.05, 4.69) is 0 Å². The number of hydrogen-bond acceptors (Lipinski definition) is 3. The second kappa shape index (κ2) is 3.78. The van der Waals surface area contributed by atoms with Crippen molar-refractivity contribution in [3.05, 3.63) is 45.9 Å². The monoisotopic (exact) mass is 260 g/mol. The molecule has 0 fully saturated rings. The lowest BCUT2D eigenvalue weighted by Gasteiger charge is -2.07. The molecular weight excluding hydrogens is 249 g/mol. The number of hydrogen-bond donors (Lipinski definition) is 1. The Morgan fingerprint density at radius 2 is 2.00 bits per heavy atom. The van der Waals surface area contributed by atoms with Crippen LogP contribution in [0.4, 0.5) is 4.39 Å². The standard InChI is InChI=1S/C14H10FNO3/c1-7-3-9-13(5-11(7)17)19-14-6-12(18)8(15)4-10(14)16(9)2/h3-6H,1-2H3/p+1. The van der Waals surface area contributed by atoms with Crippen molar-refractivity contribution in [3.8, 4) is 17.2 Å². The summed E-state index contributed by atoms with van der Waals surface area (Å²) in [6.07, 6.45) is 0. The predicted octanol–water partition coefficient (Wildman–Crippen LogP) is 1.88. The van der Waals surface area contributed by atoms with Crippen molar-refractivity contribution in [3.63, 3.8) is 0 Å². The van der Waals surface area contributed by atoms with E-state index in [1.54, 1.807) is 24.6 Å². The van der Waals surface area contributed by atoms with Gasteiger partial charge in [-0.3, -0.25) is 4.79 Å². The van der Waals surface area contributed by atoms with Crippen molar-refractivity contribution < 1.29 is 18.5 Å². The van der Waals surface area contributed by atoms with Crippen LogP contribution >= 0.6 is 0 Å². The third kappa shape index (κ3) is 1.66. The van der Waals surface area contributed by atoms with Crippen LogP contribution in [0.3, 0.4) is 0 Å². The Balaban J connectivity index is 2.53. The van der Waals surface area contributed by atoms with E-state index < -0.39 is 11.2 Å². The SMILES string of the molecule is Cc1cc2c(cc1O)oc1cc(=O)c(F)cc-1[n+]2C. The van der Waals surface area contributed by atoms with Crippen LogP contribution in [0.15, 0.2) is 33.5 Å². The number of fused-ring (bicyclic) bond motifs is 2. The molecule has 0 amide bonds. The van der Waals surface area contributed by atoms with Gasteiger partial charge in [0.05, 0.1) is 6.07 Å². The number of halogens is 1. The predicted molar refractivity (Wildman–Crippen MR) is 66.6 cm³/mol. The zero-order valence-corrected chi connectivity index (χ0v) is 10.4. The van der Waals surface area contributed by atoms with Crippen LogP contribution in [0.5, 0.6) is 5.75 Å². The first-order valence-corrected chi connectivity index (χ1v) is 5.73. The summed E-state index contributed by atoms with van der Waals surface area (Å²) in [6, 6.07) is 5.50. The van der Waals surface area contributed by atoms with Crippen molar-refractivity contribution in [2.75, 3.05) is 0 Å². The molecule has 1 aliphatic carbocycles. The van der Waals surface area contributed by atoms with Crippen molar-refractivity contribution in [2.45, 2.75) is 6.92 Å². The molecule has 0 saturated carbocycles. The van der Waals surface area contributed by atoms with E-state index in [1.165, 1.54) is 6.07 Å². The Morgan fingerprint density at radius 1 is 1.26 bits per heavy atom. The van der Waals surface area contributed by atoms with E-state index >= 15 is 0 Å². The van der Waals surface area contributed by atoms with Crippen molar-refractivity contribution in [2.24, 2.45) is 7.05 Å². The van der Waals surface area contributed by atoms with Crippen LogP contribution in [0.25, 0.3) is 22.6 Å². The average Bonchev–Trinajstić information content (AvgIpc) is 2.35. The molecule has 0 bridgehead atoms. The Labute approximate surface area is 107 Å². The Morgan fingerprint density at radius 3 is 2.74 bits per heavy atom. The number of phenols is 1. The van der Waals surface area contributed by atoms with Gasteiger partial charge in [-0.2, -0.15) is 4.57 Å². The fourth-order valence-corrected chi connectivity index (χ4v) is 2.12. The maximum Gasteiger partial charge on any atom is 0.251 e. The summed E-state index contributed by atoms with van der Waals surface area (Å²) < 4.78 is 20.6. The summed E-state index contributed by atoms with van der Waals surface area (Å²) >= 11 is 0. The molecule has 0 atom stereocenters. The summed E-state index contributed by atoms with van der Waals surface area (Å²) in [7, 11) is 1.75. The summed E-state index contributed by atoms with van der Waals surface area (Å²) in [5.41, 5.74) is 1.60. The molecule has 1 heterocycles. The van der Waals surface area contributed by atoms with Crippen LogP contribution in [0.2, 0.25) is 0 Å². The van der Waals surface area contributed by atoms with Crippen molar-refractivity contribution in [1.82, 2.24) is 0 Å². The minimum atomic E-state index is -0.812. The van der Waals surface area contributed by atoms with E-state index in [9.17, 15) is 14.3 Å². The molecule has 3 rings (SSSR count). The zero-order chi connectivity index (χ0) is 13.7. The normalized spacial score (nSPS) is 11.3. The minimum Gasteiger partial charge on any atom is -0.508 e. The molecule has 1 N–H and O–H groups in total. The Kier molecular flexibility index (Phi) is 2.32. The highest BCUT2D eigenvalue weighted by Crippen LogP contribution is 2.27. The van der Waals surface area contributed by atoms with Gasteiger partial charge in [-0.25, -0.2) is 4.39 Å². The average molecular weight is 260 g/mol. The Bertz CT molecular complexity index is 838. The summed E-state index contributed by atoms with van der Waals surface area (Å²) in [4.78, 5) is 11.3. The number of nitrogens with zero attached hydrogens (tertiary/aromatic N) is 1. The lowest BCUT2D eigenvalue weighted by molar-refractivity contribution is -0.635. The third-order valence-electron chi connectivity index (χ3n) is 3.23. The topological polar surface area (TPSA) is 54.3 Å². The number of aromatic hydroxyl groups is 1. The van der Waals surface area contributed by atoms with Crippen molar-refractivity contribution >= 4 is 11.1 Å². The molecule has 0 spiro atoms. The van der Waals surface area contributed by atoms with E-state index in [0.717, 1.165) is 12.1 Å². The van der Waals surface area contributed by atoms with Crippen LogP contribution in [0.1, 0.15) is 5.56 Å². The van der Waals surface area contributed by atoms with Crippen molar-refractivity contribution in [1.29, 1.82) is 0 Å². The Hall–Kier alpha value is -2.43. The van der Waals surface area contributed by atoms with Crippen LogP contribution in [-0.2, 0) is 7.05 Å². The maximum atomic E-state index is 13.4. The highest BCUT2D eigenvalue weighted by molar-refractivity contribution is 5.74. The molecule has 0 saturated heterocycles. The molecular formula is C14H11FNO3+. The number of benzene rings is 2. The van der Waals surface area contributed by atoms with Gasteiger partial charge < -0.3 is 9.52 Å². The molecule has 2 aliphatic rings. The quantitative estimate of drug-likeness (QED) is 0.496. The van der Waals surface area contributed by atoms with Gasteiger partial charge in [0, 0.05) is 18.2 Å². The molecule has 5 heteroatoms. The van der Waals surface area contributed by atoms with E-state index in [0.29, 0.717) is 22.4 Å². The van der Waals surface area contributed by atoms with E-state index in [1.807, 2.05) is 0 Å². The molecule has 1 aromatic rings. The van der Waals surface area contributed by atoms with Gasteiger partial charge in [-0.15, -0.1) is 0 Å². The molecule has 0 aromatic heterocycles. The van der Waals surface area contributed by atoms with Crippen LogP contribution in [0, 0.1) is 12.7 Å². The second-order valence-electron chi connectivity index (χ2n) is 4.52. The third-order valence-corrected chi connectivity index (χ3v) is 3.23. The molecule has 1 aromatic carbocycles. The van der Waals surface area contributed by atoms with Crippen LogP contribution < -0.4 is 10.00 Å². The lowest BCUT2D eigenvalue weighted by Crippen LogP contribution is -2.33. The van der Waals surface area contributed by atoms with Gasteiger partial charge in [0.15, 0.2) is 5.82 Å². The lowest BCUT2D eigenvalue weighted by atomic mass is 10.1. The molecule has 0 unspecified atom stereocenters. The highest BCUT2D eigenvalue weighted by Gasteiger charge is 2.23. The van der Waals surface area contributed by atoms with Gasteiger partial charge in [0.2, 0.25) is 22.3 Å². The maximum absolute atomic E-state index is 13.4. The molecule has 19 heavy (non-hydrogen) atoms. The number of aryl methyl sites for hydroxylation is 2. The van der Waals surface area contributed by atoms with E-state index in [-0.39, 0.29) is 11.5 Å². The number of phenolic OH excluding ortho intramolecular Hbond substituents is 1. The number of aromatic nitrogens is 1.